The quantitative estimate of drug-likeness (QED) is 0.921. The first-order chi connectivity index (χ1) is 10.8. The summed E-state index contributed by atoms with van der Waals surface area (Å²) in [5, 5.41) is 5.54. The highest BCUT2D eigenvalue weighted by Gasteiger charge is 2.30. The second kappa shape index (κ2) is 6.00. The second-order valence-electron chi connectivity index (χ2n) is 7.33. The van der Waals surface area contributed by atoms with Gasteiger partial charge in [0, 0.05) is 17.5 Å². The highest BCUT2D eigenvalue weighted by atomic mass is 32.1. The highest BCUT2D eigenvalue weighted by Crippen LogP contribution is 2.40. The number of hydrogen-bond acceptors (Lipinski definition) is 5. The van der Waals surface area contributed by atoms with E-state index in [2.05, 4.69) is 41.0 Å². The van der Waals surface area contributed by atoms with Gasteiger partial charge in [0.2, 0.25) is 0 Å². The molecule has 1 aliphatic carbocycles. The van der Waals surface area contributed by atoms with Crippen LogP contribution in [0.4, 0.5) is 5.13 Å². The molecule has 2 heterocycles. The maximum absolute atomic E-state index is 12.5. The van der Waals surface area contributed by atoms with Crippen LogP contribution in [-0.2, 0) is 6.42 Å². The van der Waals surface area contributed by atoms with Crippen LogP contribution in [0.25, 0.3) is 0 Å². The molecule has 1 fully saturated rings. The van der Waals surface area contributed by atoms with Gasteiger partial charge < -0.3 is 0 Å². The van der Waals surface area contributed by atoms with Crippen LogP contribution in [0.1, 0.15) is 67.1 Å². The smallest absolute Gasteiger partial charge is 0.260 e. The van der Waals surface area contributed by atoms with Crippen molar-refractivity contribution in [2.75, 3.05) is 5.32 Å². The standard InChI is InChI=1S/C17H22N4OS/c1-10-18-8-13(14(19-10)11-5-6-11)15(22)21-16-20-12(9-23-16)7-17(2,3)4/h8-9,11H,5-7H2,1-4H3,(H,20,21,22). The monoisotopic (exact) mass is 330 g/mol. The Morgan fingerprint density at radius 2 is 2.09 bits per heavy atom. The number of nitrogens with zero attached hydrogens (tertiary/aromatic N) is 3. The number of anilines is 1. The minimum absolute atomic E-state index is 0.163. The van der Waals surface area contributed by atoms with Crippen LogP contribution in [-0.4, -0.2) is 20.9 Å². The number of carbonyl (C=O) groups excluding carboxylic acids is 1. The molecule has 122 valence electrons. The van der Waals surface area contributed by atoms with E-state index in [0.29, 0.717) is 22.4 Å². The molecule has 23 heavy (non-hydrogen) atoms. The van der Waals surface area contributed by atoms with Crippen LogP contribution in [0.2, 0.25) is 0 Å². The lowest BCUT2D eigenvalue weighted by atomic mass is 9.91. The molecular formula is C17H22N4OS. The Morgan fingerprint density at radius 1 is 1.35 bits per heavy atom. The van der Waals surface area contributed by atoms with E-state index < -0.39 is 0 Å². The van der Waals surface area contributed by atoms with Crippen LogP contribution in [0, 0.1) is 12.3 Å². The van der Waals surface area contributed by atoms with E-state index in [0.717, 1.165) is 30.7 Å². The van der Waals surface area contributed by atoms with E-state index in [1.807, 2.05) is 12.3 Å². The zero-order valence-electron chi connectivity index (χ0n) is 14.0. The molecule has 0 atom stereocenters. The number of hydrogen-bond donors (Lipinski definition) is 1. The van der Waals surface area contributed by atoms with Crippen molar-refractivity contribution >= 4 is 22.4 Å². The van der Waals surface area contributed by atoms with E-state index in [9.17, 15) is 4.79 Å². The van der Waals surface area contributed by atoms with Crippen LogP contribution in [0.15, 0.2) is 11.6 Å². The topological polar surface area (TPSA) is 67.8 Å². The summed E-state index contributed by atoms with van der Waals surface area (Å²) in [6.45, 7) is 8.38. The maximum atomic E-state index is 12.5. The molecule has 0 bridgehead atoms. The summed E-state index contributed by atoms with van der Waals surface area (Å²) in [5.74, 6) is 0.957. The lowest BCUT2D eigenvalue weighted by Crippen LogP contribution is -2.16. The van der Waals surface area contributed by atoms with Crippen molar-refractivity contribution < 1.29 is 4.79 Å². The van der Waals surface area contributed by atoms with Crippen molar-refractivity contribution in [3.63, 3.8) is 0 Å². The molecule has 0 aliphatic heterocycles. The first kappa shape index (κ1) is 16.1. The first-order valence-corrected chi connectivity index (χ1v) is 8.79. The summed E-state index contributed by atoms with van der Waals surface area (Å²) in [6.07, 6.45) is 4.72. The van der Waals surface area contributed by atoms with E-state index in [1.54, 1.807) is 6.20 Å². The van der Waals surface area contributed by atoms with Crippen LogP contribution >= 0.6 is 11.3 Å². The van der Waals surface area contributed by atoms with Gasteiger partial charge in [0.15, 0.2) is 5.13 Å². The van der Waals surface area contributed by atoms with Crippen LogP contribution < -0.4 is 5.32 Å². The van der Waals surface area contributed by atoms with Gasteiger partial charge in [0.1, 0.15) is 5.82 Å². The Bertz CT molecular complexity index is 728. The van der Waals surface area contributed by atoms with Crippen molar-refractivity contribution in [3.8, 4) is 0 Å². The average molecular weight is 330 g/mol. The first-order valence-electron chi connectivity index (χ1n) is 7.91. The maximum Gasteiger partial charge on any atom is 0.260 e. The molecule has 0 spiro atoms. The van der Waals surface area contributed by atoms with Crippen molar-refractivity contribution in [3.05, 3.63) is 34.4 Å². The Kier molecular flexibility index (Phi) is 4.19. The number of aryl methyl sites for hydroxylation is 1. The Morgan fingerprint density at radius 3 is 2.74 bits per heavy atom. The number of carbonyl (C=O) groups is 1. The predicted molar refractivity (Wildman–Crippen MR) is 92.0 cm³/mol. The predicted octanol–water partition coefficient (Wildman–Crippen LogP) is 3.96. The molecule has 1 aliphatic rings. The van der Waals surface area contributed by atoms with Gasteiger partial charge in [-0.15, -0.1) is 11.3 Å². The SMILES string of the molecule is Cc1ncc(C(=O)Nc2nc(CC(C)(C)C)cs2)c(C2CC2)n1. The summed E-state index contributed by atoms with van der Waals surface area (Å²) in [5.41, 5.74) is 2.65. The van der Waals surface area contributed by atoms with Gasteiger partial charge in [0.25, 0.3) is 5.91 Å². The number of rotatable bonds is 4. The Hall–Kier alpha value is -1.82. The molecule has 1 amide bonds. The lowest BCUT2D eigenvalue weighted by molar-refractivity contribution is 0.102. The zero-order chi connectivity index (χ0) is 16.6. The summed E-state index contributed by atoms with van der Waals surface area (Å²) >= 11 is 1.46. The summed E-state index contributed by atoms with van der Waals surface area (Å²) in [6, 6.07) is 0. The van der Waals surface area contributed by atoms with Crippen LogP contribution in [0.5, 0.6) is 0 Å². The number of thiazole rings is 1. The fraction of sp³-hybridized carbons (Fsp3) is 0.529. The fourth-order valence-electron chi connectivity index (χ4n) is 2.48. The average Bonchev–Trinajstić information content (AvgIpc) is 3.20. The lowest BCUT2D eigenvalue weighted by Gasteiger charge is -2.15. The molecule has 0 saturated heterocycles. The molecule has 3 rings (SSSR count). The fourth-order valence-corrected chi connectivity index (χ4v) is 3.19. The molecule has 0 unspecified atom stereocenters. The number of amides is 1. The van der Waals surface area contributed by atoms with Gasteiger partial charge >= 0.3 is 0 Å². The minimum Gasteiger partial charge on any atom is -0.298 e. The second-order valence-corrected chi connectivity index (χ2v) is 8.18. The summed E-state index contributed by atoms with van der Waals surface area (Å²) < 4.78 is 0. The Balaban J connectivity index is 1.75. The van der Waals surface area contributed by atoms with Crippen molar-refractivity contribution in [2.24, 2.45) is 5.41 Å². The molecule has 5 nitrogen and oxygen atoms in total. The van der Waals surface area contributed by atoms with Gasteiger partial charge in [-0.1, -0.05) is 20.8 Å². The van der Waals surface area contributed by atoms with Gasteiger partial charge in [0.05, 0.1) is 17.0 Å². The molecular weight excluding hydrogens is 308 g/mol. The third-order valence-corrected chi connectivity index (χ3v) is 4.44. The molecule has 0 aromatic carbocycles. The molecule has 1 saturated carbocycles. The molecule has 1 N–H and O–H groups in total. The van der Waals surface area contributed by atoms with Gasteiger partial charge in [-0.2, -0.15) is 0 Å². The third-order valence-electron chi connectivity index (χ3n) is 3.63. The Labute approximate surface area is 140 Å². The molecule has 2 aromatic heterocycles. The zero-order valence-corrected chi connectivity index (χ0v) is 14.8. The van der Waals surface area contributed by atoms with Crippen molar-refractivity contribution in [2.45, 2.75) is 52.9 Å². The van der Waals surface area contributed by atoms with Crippen molar-refractivity contribution in [1.82, 2.24) is 15.0 Å². The van der Waals surface area contributed by atoms with E-state index in [4.69, 9.17) is 0 Å². The van der Waals surface area contributed by atoms with E-state index in [1.165, 1.54) is 11.3 Å². The number of aromatic nitrogens is 3. The molecule has 6 heteroatoms. The van der Waals surface area contributed by atoms with Gasteiger partial charge in [-0.25, -0.2) is 15.0 Å². The summed E-state index contributed by atoms with van der Waals surface area (Å²) in [7, 11) is 0. The normalized spacial score (nSPS) is 14.8. The van der Waals surface area contributed by atoms with Gasteiger partial charge in [-0.05, 0) is 31.6 Å². The highest BCUT2D eigenvalue weighted by molar-refractivity contribution is 7.14. The minimum atomic E-state index is -0.163. The largest absolute Gasteiger partial charge is 0.298 e. The van der Waals surface area contributed by atoms with E-state index >= 15 is 0 Å². The molecule has 0 radical (unpaired) electrons. The number of nitrogens with one attached hydrogen (secondary N) is 1. The van der Waals surface area contributed by atoms with Crippen LogP contribution in [0.3, 0.4) is 0 Å². The summed E-state index contributed by atoms with van der Waals surface area (Å²) in [4.78, 5) is 25.7. The van der Waals surface area contributed by atoms with Gasteiger partial charge in [-0.3, -0.25) is 10.1 Å². The molecule has 2 aromatic rings. The third kappa shape index (κ3) is 4.13. The van der Waals surface area contributed by atoms with E-state index in [-0.39, 0.29) is 11.3 Å². The van der Waals surface area contributed by atoms with Crippen molar-refractivity contribution in [1.29, 1.82) is 0 Å².